The highest BCUT2D eigenvalue weighted by Gasteiger charge is 2.43. The first-order valence-corrected chi connectivity index (χ1v) is 14.2. The monoisotopic (exact) mass is 590 g/mol. The first-order valence-electron chi connectivity index (χ1n) is 13.3. The summed E-state index contributed by atoms with van der Waals surface area (Å²) in [6.45, 7) is 6.84. The molecule has 0 saturated carbocycles. The fraction of sp³-hybridized carbons (Fsp3) is 0.483. The molecule has 2 atom stereocenters. The van der Waals surface area contributed by atoms with Gasteiger partial charge in [0.25, 0.3) is 5.91 Å². The second kappa shape index (κ2) is 14.3. The van der Waals surface area contributed by atoms with E-state index in [-0.39, 0.29) is 19.1 Å². The van der Waals surface area contributed by atoms with E-state index in [1.54, 1.807) is 38.1 Å². The number of methoxy groups -OCH3 is 1. The Hall–Kier alpha value is -2.63. The van der Waals surface area contributed by atoms with Gasteiger partial charge in [0.05, 0.1) is 19.0 Å². The molecule has 1 aliphatic heterocycles. The molecule has 40 heavy (non-hydrogen) atoms. The number of piperazine rings is 1. The van der Waals surface area contributed by atoms with Crippen LogP contribution in [0.15, 0.2) is 48.5 Å². The lowest BCUT2D eigenvalue weighted by Crippen LogP contribution is -2.54. The fourth-order valence-electron chi connectivity index (χ4n) is 4.61. The number of esters is 1. The Balaban J connectivity index is 1.60. The first kappa shape index (κ1) is 31.9. The molecule has 2 amide bonds. The van der Waals surface area contributed by atoms with Crippen molar-refractivity contribution in [2.24, 2.45) is 11.1 Å². The maximum atomic E-state index is 13.4. The molecule has 11 heteroatoms. The van der Waals surface area contributed by atoms with Gasteiger partial charge in [-0.2, -0.15) is 12.6 Å². The Morgan fingerprint density at radius 3 is 2.23 bits per heavy atom. The molecule has 2 aromatic carbocycles. The van der Waals surface area contributed by atoms with Crippen molar-refractivity contribution in [3.63, 3.8) is 0 Å². The third kappa shape index (κ3) is 7.76. The van der Waals surface area contributed by atoms with Crippen LogP contribution in [0.4, 0.5) is 5.69 Å². The van der Waals surface area contributed by atoms with Crippen molar-refractivity contribution in [2.75, 3.05) is 57.9 Å². The molecule has 0 aromatic heterocycles. The fourth-order valence-corrected chi connectivity index (χ4v) is 5.04. The molecule has 0 spiro atoms. The lowest BCUT2D eigenvalue weighted by molar-refractivity contribution is -0.145. The Kier molecular flexibility index (Phi) is 11.4. The van der Waals surface area contributed by atoms with Gasteiger partial charge in [-0.15, -0.1) is 0 Å². The summed E-state index contributed by atoms with van der Waals surface area (Å²) in [6.07, 6.45) is 0.925. The summed E-state index contributed by atoms with van der Waals surface area (Å²) in [7, 11) is 1.23. The van der Waals surface area contributed by atoms with Crippen LogP contribution < -0.4 is 10.6 Å². The SMILES string of the molecule is COC(=O)C(N)C(C)(C)C(S)C(=O)N(CCO)c1ccc(C(=O)N2CCN(CCc3ccc(Cl)cc3)CC2)cc1. The van der Waals surface area contributed by atoms with E-state index in [0.29, 0.717) is 24.3 Å². The van der Waals surface area contributed by atoms with Crippen LogP contribution >= 0.6 is 24.2 Å². The second-order valence-corrected chi connectivity index (χ2v) is 11.4. The number of ether oxygens (including phenoxy) is 1. The number of thiol groups is 1. The number of amides is 2. The third-order valence-electron chi connectivity index (χ3n) is 7.50. The Morgan fingerprint density at radius 1 is 1.07 bits per heavy atom. The zero-order valence-electron chi connectivity index (χ0n) is 23.3. The predicted octanol–water partition coefficient (Wildman–Crippen LogP) is 2.49. The van der Waals surface area contributed by atoms with Gasteiger partial charge in [-0.3, -0.25) is 19.3 Å². The van der Waals surface area contributed by atoms with Crippen molar-refractivity contribution in [1.29, 1.82) is 0 Å². The molecule has 2 aromatic rings. The van der Waals surface area contributed by atoms with Gasteiger partial charge in [-0.25, -0.2) is 0 Å². The Bertz CT molecular complexity index is 1150. The van der Waals surface area contributed by atoms with Crippen LogP contribution in [-0.2, 0) is 20.7 Å². The normalized spacial score (nSPS) is 15.8. The van der Waals surface area contributed by atoms with Crippen molar-refractivity contribution < 1.29 is 24.2 Å². The number of rotatable bonds is 11. The summed E-state index contributed by atoms with van der Waals surface area (Å²) in [5.74, 6) is -1.13. The number of nitrogens with zero attached hydrogens (tertiary/aromatic N) is 3. The number of halogens is 1. The summed E-state index contributed by atoms with van der Waals surface area (Å²) >= 11 is 10.5. The maximum absolute atomic E-state index is 13.4. The molecule has 2 unspecified atom stereocenters. The van der Waals surface area contributed by atoms with Crippen LogP contribution in [0, 0.1) is 5.41 Å². The predicted molar refractivity (Wildman–Crippen MR) is 160 cm³/mol. The number of nitrogens with two attached hydrogens (primary N) is 1. The van der Waals surface area contributed by atoms with E-state index < -0.39 is 28.6 Å². The molecule has 1 aliphatic rings. The van der Waals surface area contributed by atoms with E-state index in [0.717, 1.165) is 31.1 Å². The van der Waals surface area contributed by atoms with Crippen LogP contribution in [0.3, 0.4) is 0 Å². The quantitative estimate of drug-likeness (QED) is 0.272. The van der Waals surface area contributed by atoms with Crippen molar-refractivity contribution in [3.05, 3.63) is 64.7 Å². The largest absolute Gasteiger partial charge is 0.468 e. The molecule has 9 nitrogen and oxygen atoms in total. The minimum Gasteiger partial charge on any atom is -0.468 e. The van der Waals surface area contributed by atoms with E-state index in [1.807, 2.05) is 29.2 Å². The second-order valence-electron chi connectivity index (χ2n) is 10.5. The molecule has 0 radical (unpaired) electrons. The molecule has 218 valence electrons. The number of hydrogen-bond acceptors (Lipinski definition) is 8. The van der Waals surface area contributed by atoms with Crippen LogP contribution in [0.2, 0.25) is 5.02 Å². The van der Waals surface area contributed by atoms with E-state index in [1.165, 1.54) is 17.6 Å². The number of hydrogen-bond donors (Lipinski definition) is 3. The van der Waals surface area contributed by atoms with Crippen LogP contribution in [0.1, 0.15) is 29.8 Å². The standard InChI is InChI=1S/C29H39ClN4O5S/c1-29(2,24(31)28(38)39-3)25(40)27(37)34(18-19-35)23-10-6-21(7-11-23)26(36)33-16-14-32(15-17-33)13-12-20-4-8-22(30)9-5-20/h4-11,24-25,35,40H,12-19,31H2,1-3H3. The van der Waals surface area contributed by atoms with Gasteiger partial charge >= 0.3 is 5.97 Å². The van der Waals surface area contributed by atoms with Gasteiger partial charge in [0.2, 0.25) is 5.91 Å². The average Bonchev–Trinajstić information content (AvgIpc) is 2.98. The van der Waals surface area contributed by atoms with E-state index in [2.05, 4.69) is 17.5 Å². The molecule has 1 fully saturated rings. The van der Waals surface area contributed by atoms with E-state index in [4.69, 9.17) is 22.1 Å². The number of anilines is 1. The molecule has 3 N–H and O–H groups in total. The number of aliphatic hydroxyl groups excluding tert-OH is 1. The number of carbonyl (C=O) groups is 3. The van der Waals surface area contributed by atoms with Crippen molar-refractivity contribution in [2.45, 2.75) is 31.6 Å². The van der Waals surface area contributed by atoms with Gasteiger partial charge in [-0.1, -0.05) is 37.6 Å². The summed E-state index contributed by atoms with van der Waals surface area (Å²) in [5.41, 5.74) is 7.27. The summed E-state index contributed by atoms with van der Waals surface area (Å²) < 4.78 is 4.74. The van der Waals surface area contributed by atoms with Gasteiger partial charge < -0.3 is 25.4 Å². The highest BCUT2D eigenvalue weighted by molar-refractivity contribution is 7.81. The minimum absolute atomic E-state index is 0.0186. The smallest absolute Gasteiger partial charge is 0.323 e. The number of aliphatic hydroxyl groups is 1. The molecule has 0 aliphatic carbocycles. The Morgan fingerprint density at radius 2 is 1.68 bits per heavy atom. The molecule has 3 rings (SSSR count). The Labute approximate surface area is 246 Å². The van der Waals surface area contributed by atoms with E-state index >= 15 is 0 Å². The molecule has 1 saturated heterocycles. The van der Waals surface area contributed by atoms with Gasteiger partial charge in [0, 0.05) is 61.0 Å². The minimum atomic E-state index is -1.07. The van der Waals surface area contributed by atoms with Gasteiger partial charge in [0.1, 0.15) is 6.04 Å². The lowest BCUT2D eigenvalue weighted by atomic mass is 9.80. The summed E-state index contributed by atoms with van der Waals surface area (Å²) in [4.78, 5) is 44.2. The molecule has 0 bridgehead atoms. The van der Waals surface area contributed by atoms with Crippen molar-refractivity contribution >= 4 is 47.7 Å². The molecular weight excluding hydrogens is 552 g/mol. The van der Waals surface area contributed by atoms with E-state index in [9.17, 15) is 19.5 Å². The molecule has 1 heterocycles. The highest BCUT2D eigenvalue weighted by atomic mass is 35.5. The topological polar surface area (TPSA) is 116 Å². The van der Waals surface area contributed by atoms with Gasteiger partial charge in [-0.05, 0) is 48.4 Å². The van der Waals surface area contributed by atoms with Crippen LogP contribution in [-0.4, -0.2) is 97.0 Å². The van der Waals surface area contributed by atoms with Gasteiger partial charge in [0.15, 0.2) is 0 Å². The number of carbonyl (C=O) groups excluding carboxylic acids is 3. The lowest BCUT2D eigenvalue weighted by Gasteiger charge is -2.37. The summed E-state index contributed by atoms with van der Waals surface area (Å²) in [6, 6.07) is 13.5. The van der Waals surface area contributed by atoms with Crippen molar-refractivity contribution in [3.8, 4) is 0 Å². The molecular formula is C29H39ClN4O5S. The third-order valence-corrected chi connectivity index (χ3v) is 8.64. The van der Waals surface area contributed by atoms with Crippen LogP contribution in [0.5, 0.6) is 0 Å². The maximum Gasteiger partial charge on any atom is 0.323 e. The summed E-state index contributed by atoms with van der Waals surface area (Å²) in [5, 5.41) is 9.40. The highest BCUT2D eigenvalue weighted by Crippen LogP contribution is 2.32. The number of benzene rings is 2. The average molecular weight is 591 g/mol. The van der Waals surface area contributed by atoms with Crippen LogP contribution in [0.25, 0.3) is 0 Å². The zero-order chi connectivity index (χ0) is 29.4. The van der Waals surface area contributed by atoms with Crippen molar-refractivity contribution in [1.82, 2.24) is 9.80 Å². The first-order chi connectivity index (χ1) is 19.0. The zero-order valence-corrected chi connectivity index (χ0v) is 24.9.